The van der Waals surface area contributed by atoms with Crippen molar-refractivity contribution in [3.63, 3.8) is 0 Å². The molecule has 48 heteroatoms. The van der Waals surface area contributed by atoms with E-state index >= 15 is 0 Å². The number of carboxylic acids is 4. The van der Waals surface area contributed by atoms with Crippen molar-refractivity contribution in [2.45, 2.75) is 206 Å². The molecule has 5 rings (SSSR count). The maximum atomic E-state index is 15.0. The van der Waals surface area contributed by atoms with Crippen LogP contribution in [0.5, 0.6) is 11.5 Å². The van der Waals surface area contributed by atoms with Gasteiger partial charge in [0, 0.05) is 45.1 Å². The van der Waals surface area contributed by atoms with Crippen molar-refractivity contribution in [1.82, 2.24) is 68.7 Å². The molecule has 127 heavy (non-hydrogen) atoms. The summed E-state index contributed by atoms with van der Waals surface area (Å²) in [7, 11) is -4.88. The van der Waals surface area contributed by atoms with Crippen LogP contribution in [0.3, 0.4) is 0 Å². The fourth-order valence-electron chi connectivity index (χ4n) is 12.5. The molecule has 0 aliphatic carbocycles. The van der Waals surface area contributed by atoms with Crippen molar-refractivity contribution in [2.24, 2.45) is 17.4 Å². The van der Waals surface area contributed by atoms with E-state index in [2.05, 4.69) is 68.0 Å². The van der Waals surface area contributed by atoms with Crippen LogP contribution in [0.2, 0.25) is 0 Å². The van der Waals surface area contributed by atoms with E-state index in [4.69, 9.17) is 55.6 Å². The molecule has 0 radical (unpaired) electrons. The maximum absolute atomic E-state index is 15.0. The van der Waals surface area contributed by atoms with Crippen molar-refractivity contribution in [3.05, 3.63) is 131 Å². The Labute approximate surface area is 741 Å². The monoisotopic (exact) mass is 1860 g/mol. The topological polar surface area (TPSA) is 701 Å². The smallest absolute Gasteiger partial charge is 0.449 e. The first-order chi connectivity index (χ1) is 59.5. The summed E-state index contributed by atoms with van der Waals surface area (Å²) in [6.07, 6.45) is -9.89. The highest BCUT2D eigenvalue weighted by atomic mass is 35.6. The van der Waals surface area contributed by atoms with Gasteiger partial charge in [-0.25, -0.2) is 4.18 Å². The van der Waals surface area contributed by atoms with Gasteiger partial charge in [0.05, 0.1) is 37.6 Å². The van der Waals surface area contributed by atoms with E-state index in [0.29, 0.717) is 17.5 Å². The Morgan fingerprint density at radius 1 is 0.465 bits per heavy atom. The minimum atomic E-state index is -4.88. The molecule has 1 aliphatic heterocycles. The molecule has 1 fully saturated rings. The predicted octanol–water partition coefficient (Wildman–Crippen LogP) is -3.96. The highest BCUT2D eigenvalue weighted by Crippen LogP contribution is 2.28. The number of aromatic hydroxyl groups is 1. The number of alkyl halides is 3. The van der Waals surface area contributed by atoms with Gasteiger partial charge in [0.15, 0.2) is 0 Å². The predicted molar refractivity (Wildman–Crippen MR) is 446 cm³/mol. The molecular formula is C79H102Cl3N15O29S. The number of benzene rings is 4. The normalized spacial score (nSPS) is 15.9. The average molecular weight is 1860 g/mol. The summed E-state index contributed by atoms with van der Waals surface area (Å²) in [5.41, 5.74) is 12.2. The van der Waals surface area contributed by atoms with Gasteiger partial charge in [0.25, 0.3) is 0 Å². The zero-order valence-corrected chi connectivity index (χ0v) is 72.1. The number of rotatable bonds is 51. The van der Waals surface area contributed by atoms with Crippen LogP contribution >= 0.6 is 34.8 Å². The molecule has 4 aromatic carbocycles. The number of hydrogen-bond acceptors (Lipinski definition) is 26. The number of halogens is 3. The van der Waals surface area contributed by atoms with Crippen LogP contribution in [0.25, 0.3) is 0 Å². The lowest BCUT2D eigenvalue weighted by Crippen LogP contribution is -2.64. The lowest BCUT2D eigenvalue weighted by atomic mass is 10.0. The summed E-state index contributed by atoms with van der Waals surface area (Å²) >= 11 is 16.8. The summed E-state index contributed by atoms with van der Waals surface area (Å²) in [6.45, 7) is 4.48. The number of carboxylic acid groups (broad SMARTS) is 4. The molecule has 1 aliphatic rings. The van der Waals surface area contributed by atoms with Crippen molar-refractivity contribution in [3.8, 4) is 11.5 Å². The molecule has 4 aromatic rings. The third kappa shape index (κ3) is 36.6. The first-order valence-corrected chi connectivity index (χ1v) is 41.8. The first kappa shape index (κ1) is 105. The third-order valence-electron chi connectivity index (χ3n) is 19.1. The number of aliphatic carboxylic acids is 4. The molecule has 2 unspecified atom stereocenters. The Balaban J connectivity index is 1.44. The zero-order valence-electron chi connectivity index (χ0n) is 69.0. The van der Waals surface area contributed by atoms with Gasteiger partial charge < -0.3 is 120 Å². The molecule has 694 valence electrons. The van der Waals surface area contributed by atoms with Crippen molar-refractivity contribution < 1.29 is 139 Å². The van der Waals surface area contributed by atoms with E-state index in [9.17, 15) is 125 Å². The lowest BCUT2D eigenvalue weighted by Gasteiger charge is -2.30. The van der Waals surface area contributed by atoms with Gasteiger partial charge in [-0.15, -0.1) is 0 Å². The van der Waals surface area contributed by atoms with Gasteiger partial charge >= 0.3 is 34.3 Å². The summed E-state index contributed by atoms with van der Waals surface area (Å²) < 4.78 is 32.3. The molecule has 0 bridgehead atoms. The number of aliphatic hydroxyl groups is 2. The van der Waals surface area contributed by atoms with Crippen LogP contribution in [0.15, 0.2) is 109 Å². The SMILES string of the molecule is CC(C)[C@H](NC(=O)[C@H](CCC(=O)O)NC(=O)[C@@H](N)CCC(=O)O)C(=O)N[C@H](C(=O)N[C@H](C(=O)N[C@@H](Cc1ccccc1)C(=O)N[C@@H](Cc1ccccc1)C(=O)N[C@@H](CC(=O)O)C(=O)N[C@@H](Cc1ccc(O)cc1)C(=O)N[C@@H](CC(=O)O)C(=O)N[C@@H](Cc1ccc(OS(=O)(=O)OCC(Cl)(Cl)Cl)cc1)C(=O)NCC(=O)N[C@@H](C)C(=O)N1CCC[C@H]1C(N)=O)C(C)O)C(C)O. The van der Waals surface area contributed by atoms with Crippen LogP contribution in [0.1, 0.15) is 108 Å². The molecule has 1 heterocycles. The number of phenolic OH excluding ortho intramolecular Hbond substituents is 1. The third-order valence-corrected chi connectivity index (χ3v) is 20.2. The van der Waals surface area contributed by atoms with E-state index < -0.39 is 294 Å². The van der Waals surface area contributed by atoms with Crippen LogP contribution < -0.4 is 79.5 Å². The molecule has 0 aromatic heterocycles. The summed E-state index contributed by atoms with van der Waals surface area (Å²) in [5.74, 6) is -24.2. The number of likely N-dealkylation sites (tertiary alicyclic amines) is 1. The summed E-state index contributed by atoms with van der Waals surface area (Å²) in [4.78, 5) is 246. The minimum absolute atomic E-state index is 0.0875. The Bertz CT molecular complexity index is 4690. The summed E-state index contributed by atoms with van der Waals surface area (Å²) in [6, 6.07) is 1.66. The van der Waals surface area contributed by atoms with Gasteiger partial charge in [0.1, 0.15) is 90.6 Å². The molecule has 1 saturated heterocycles. The van der Waals surface area contributed by atoms with E-state index in [1.807, 2.05) is 0 Å². The second kappa shape index (κ2) is 50.1. The van der Waals surface area contributed by atoms with E-state index in [1.165, 1.54) is 86.3 Å². The van der Waals surface area contributed by atoms with Crippen molar-refractivity contribution in [1.29, 1.82) is 0 Å². The highest BCUT2D eigenvalue weighted by molar-refractivity contribution is 7.82. The fourth-order valence-corrected chi connectivity index (χ4v) is 13.6. The number of amides is 14. The highest BCUT2D eigenvalue weighted by Gasteiger charge is 2.41. The molecule has 14 amide bonds. The number of primary amides is 1. The Kier molecular flexibility index (Phi) is 41.5. The lowest BCUT2D eigenvalue weighted by molar-refractivity contribution is -0.142. The number of nitrogens with one attached hydrogen (secondary N) is 12. The van der Waals surface area contributed by atoms with E-state index in [-0.39, 0.29) is 36.3 Å². The Morgan fingerprint density at radius 2 is 0.835 bits per heavy atom. The van der Waals surface area contributed by atoms with Crippen LogP contribution in [0.4, 0.5) is 0 Å². The largest absolute Gasteiger partial charge is 0.508 e. The van der Waals surface area contributed by atoms with Crippen LogP contribution in [-0.2, 0) is 127 Å². The fraction of sp³-hybridized carbons (Fsp3) is 0.468. The van der Waals surface area contributed by atoms with E-state index in [0.717, 1.165) is 38.1 Å². The number of carbonyl (C=O) groups excluding carboxylic acids is 14. The maximum Gasteiger partial charge on any atom is 0.449 e. The van der Waals surface area contributed by atoms with Crippen molar-refractivity contribution >= 4 is 152 Å². The van der Waals surface area contributed by atoms with E-state index in [1.54, 1.807) is 24.3 Å². The quantitative estimate of drug-likeness (QED) is 0.0188. The molecule has 44 nitrogen and oxygen atoms in total. The standard InChI is InChI=1S/C79H102Cl3N15O29S/c1-39(2)63(94-69(113)50(27-29-60(104)105)87-67(111)49(83)26-28-59(102)103)75(119)95-65(42(5)99)77(121)96-64(41(4)98)76(120)93-54(32-44-15-10-7-11-16-44)72(116)89-52(31-43-13-8-6-9-14-43)70(114)92-56(36-62(108)109)74(118)90-53(34-45-18-22-47(100)23-19-45)71(115)91-55(35-61(106)107)73(117)88-51(33-46-20-24-48(25-21-46)126-127(123,124)125-38-79(80,81)82)68(112)85-37-58(101)86-40(3)78(122)97-30-12-17-57(97)66(84)110/h6-11,13-16,18-25,39-42,49-57,63-65,98-100H,12,17,26-38,83H2,1-5H3,(H2,84,110)(H,85,112)(H,86,101)(H,87,111)(H,88,117)(H,89,116)(H,90,118)(H,91,115)(H,92,114)(H,93,120)(H,94,113)(H,95,119)(H,96,121)(H,102,103)(H,104,105)(H,106,107)(H,108,109)/t40-,41?,42?,49-,50-,51-,52-,53-,54-,55-,56-,57-,63-,64-,65-/m0/s1. The number of aliphatic hydroxyl groups excluding tert-OH is 2. The van der Waals surface area contributed by atoms with Gasteiger partial charge in [-0.1, -0.05) is 134 Å². The zero-order chi connectivity index (χ0) is 94.9. The minimum Gasteiger partial charge on any atom is -0.508 e. The number of carbonyl (C=O) groups is 18. The number of phenols is 1. The van der Waals surface area contributed by atoms with Gasteiger partial charge in [0.2, 0.25) is 86.5 Å². The molecule has 0 spiro atoms. The number of nitrogens with two attached hydrogens (primary N) is 2. The van der Waals surface area contributed by atoms with Gasteiger partial charge in [-0.05, 0) is 98.9 Å². The molecule has 15 atom stereocenters. The van der Waals surface area contributed by atoms with Gasteiger partial charge in [-0.2, -0.15) is 8.42 Å². The van der Waals surface area contributed by atoms with Crippen molar-refractivity contribution in [2.75, 3.05) is 19.7 Å². The average Bonchev–Trinajstić information content (AvgIpc) is 1.67. The van der Waals surface area contributed by atoms with Crippen LogP contribution in [0, 0.1) is 5.92 Å². The molecule has 0 saturated carbocycles. The Morgan fingerprint density at radius 3 is 1.25 bits per heavy atom. The molecule has 23 N–H and O–H groups in total. The first-order valence-electron chi connectivity index (χ1n) is 39.3. The number of nitrogens with zero attached hydrogens (tertiary/aromatic N) is 1. The summed E-state index contributed by atoms with van der Waals surface area (Å²) in [5, 5.41) is 99.1. The Hall–Kier alpha value is -12.4. The molecular weight excluding hydrogens is 1760 g/mol. The second-order valence-electron chi connectivity index (χ2n) is 29.8. The second-order valence-corrected chi connectivity index (χ2v) is 33.6. The van der Waals surface area contributed by atoms with Gasteiger partial charge in [-0.3, -0.25) is 86.3 Å². The number of hydrogen-bond donors (Lipinski definition) is 21. The van der Waals surface area contributed by atoms with Crippen LogP contribution in [-0.4, -0.2) is 270 Å².